The Hall–Kier alpha value is 0.394. The lowest BCUT2D eigenvalue weighted by atomic mass is 12.0. The molecule has 0 fully saturated rings. The van der Waals surface area contributed by atoms with Crippen molar-refractivity contribution >= 4 is 21.9 Å². The summed E-state index contributed by atoms with van der Waals surface area (Å²) in [6.07, 6.45) is 0. The highest BCUT2D eigenvalue weighted by molar-refractivity contribution is 5.76. The fourth-order valence-corrected chi connectivity index (χ4v) is 0. The molecule has 0 saturated carbocycles. The standard InChI is InChI=1S/C.O.2Si. The van der Waals surface area contributed by atoms with Crippen LogP contribution in [0.5, 0.6) is 0 Å². The van der Waals surface area contributed by atoms with Crippen LogP contribution in [0.3, 0.4) is 0 Å². The Morgan fingerprint density at radius 2 is 0.750 bits per heavy atom. The second kappa shape index (κ2) is 125. The summed E-state index contributed by atoms with van der Waals surface area (Å²) in [5.41, 5.74) is 0. The van der Waals surface area contributed by atoms with Gasteiger partial charge in [0, 0.05) is 34.8 Å². The Labute approximate surface area is 35.8 Å². The minimum atomic E-state index is 0. The van der Waals surface area contributed by atoms with Crippen molar-refractivity contribution in [3.63, 3.8) is 0 Å². The van der Waals surface area contributed by atoms with Crippen molar-refractivity contribution in [3.8, 4) is 0 Å². The van der Waals surface area contributed by atoms with E-state index in [2.05, 4.69) is 0 Å². The molecule has 0 aromatic rings. The van der Waals surface area contributed by atoms with Gasteiger partial charge in [-0.25, -0.2) is 0 Å². The lowest BCUT2D eigenvalue weighted by Crippen LogP contribution is -0.382. The van der Waals surface area contributed by atoms with E-state index in [1.807, 2.05) is 0 Å². The van der Waals surface area contributed by atoms with E-state index < -0.39 is 0 Å². The third kappa shape index (κ3) is 30.0. The van der Waals surface area contributed by atoms with Gasteiger partial charge in [0.25, 0.3) is 0 Å². The van der Waals surface area contributed by atoms with Crippen LogP contribution in [0.4, 0.5) is 0 Å². The lowest BCUT2D eigenvalue weighted by Gasteiger charge is -0.00100. The molecule has 0 unspecified atom stereocenters. The summed E-state index contributed by atoms with van der Waals surface area (Å²) in [5.74, 6) is 0. The van der Waals surface area contributed by atoms with Crippen LogP contribution in [0.1, 0.15) is 0 Å². The normalized spacial score (nSPS) is 0. The van der Waals surface area contributed by atoms with Gasteiger partial charge in [0.05, 0.1) is 0 Å². The van der Waals surface area contributed by atoms with E-state index in [9.17, 15) is 0 Å². The minimum Gasteiger partial charge on any atom is 0 e. The summed E-state index contributed by atoms with van der Waals surface area (Å²) in [7, 11) is 0. The molecule has 0 heterocycles. The van der Waals surface area contributed by atoms with E-state index in [1.165, 1.54) is 0 Å². The van der Waals surface area contributed by atoms with Gasteiger partial charge in [-0.2, -0.15) is 0 Å². The molecule has 0 saturated heterocycles. The Balaban J connectivity index is 0. The van der Waals surface area contributed by atoms with Crippen molar-refractivity contribution in [2.24, 2.45) is 0 Å². The largest absolute Gasteiger partial charge is 0 e. The van der Waals surface area contributed by atoms with Gasteiger partial charge in [0.15, 0.2) is 0 Å². The molecular formula is COSi2. The van der Waals surface area contributed by atoms with Gasteiger partial charge in [-0.3, -0.25) is 0 Å². The Bertz CT molecular complexity index is 6.00. The van der Waals surface area contributed by atoms with Gasteiger partial charge in [-0.15, -0.1) is 0 Å². The average molecular weight is 84.2 g/mol. The summed E-state index contributed by atoms with van der Waals surface area (Å²) in [4.78, 5) is 0. The van der Waals surface area contributed by atoms with Crippen molar-refractivity contribution in [3.05, 3.63) is 7.43 Å². The molecule has 0 atom stereocenters. The van der Waals surface area contributed by atoms with E-state index in [0.29, 0.717) is 0 Å². The molecule has 0 aliphatic rings. The van der Waals surface area contributed by atoms with Crippen molar-refractivity contribution < 1.29 is 5.48 Å². The average Bonchev–Trinajstić information content (AvgIpc) is 0. The molecule has 0 aliphatic carbocycles. The predicted molar refractivity (Wildman–Crippen MR) is 15.4 cm³/mol. The summed E-state index contributed by atoms with van der Waals surface area (Å²) in [6.45, 7) is 0. The van der Waals surface area contributed by atoms with Gasteiger partial charge in [-0.05, 0) is 0 Å². The Morgan fingerprint density at radius 3 is 0.750 bits per heavy atom. The first-order valence-corrected chi connectivity index (χ1v) is 0. The summed E-state index contributed by atoms with van der Waals surface area (Å²) >= 11 is 0. The van der Waals surface area contributed by atoms with Gasteiger partial charge in [-0.1, -0.05) is 0 Å². The summed E-state index contributed by atoms with van der Waals surface area (Å²) < 4.78 is 0. The third-order valence-electron chi connectivity index (χ3n) is 0. The second-order valence-electron chi connectivity index (χ2n) is 0. The summed E-state index contributed by atoms with van der Waals surface area (Å²) in [5, 5.41) is 0. The third-order valence-corrected chi connectivity index (χ3v) is 0. The van der Waals surface area contributed by atoms with Gasteiger partial charge in [0.1, 0.15) is 0 Å². The Kier molecular flexibility index (Phi) is 10200. The summed E-state index contributed by atoms with van der Waals surface area (Å²) in [6, 6.07) is 0. The molecule has 0 aliphatic heterocycles. The predicted octanol–water partition coefficient (Wildman–Crippen LogP) is -0.799. The molecule has 4 heavy (non-hydrogen) atoms. The number of rotatable bonds is 0. The molecule has 0 N–H and O–H groups in total. The zero-order chi connectivity index (χ0) is 0. The molecule has 0 amide bonds. The second-order valence-corrected chi connectivity index (χ2v) is 0. The maximum atomic E-state index is 0. The first-order chi connectivity index (χ1) is 0. The highest BCUT2D eigenvalue weighted by Gasteiger charge is 0.00300. The van der Waals surface area contributed by atoms with Gasteiger partial charge >= 0.3 is 0 Å². The van der Waals surface area contributed by atoms with Gasteiger partial charge in [0.2, 0.25) is 0 Å². The molecule has 0 aromatic heterocycles. The molecule has 3 heteroatoms. The smallest absolute Gasteiger partial charge is 0 e. The highest BCUT2D eigenvalue weighted by atomic mass is 28.1. The zero-order valence-corrected chi connectivity index (χ0v) is 3.91. The van der Waals surface area contributed by atoms with Crippen molar-refractivity contribution in [1.82, 2.24) is 0 Å². The van der Waals surface area contributed by atoms with E-state index in [4.69, 9.17) is 0 Å². The molecular weight excluding hydrogens is 84.2 g/mol. The van der Waals surface area contributed by atoms with Crippen LogP contribution in [0, 0.1) is 7.43 Å². The monoisotopic (exact) mass is 83.9 g/mol. The lowest BCUT2D eigenvalue weighted by molar-refractivity contribution is 0.686. The molecule has 14 radical (unpaired) electrons. The number of hydrogen-bond acceptors (Lipinski definition) is 0. The first-order valence-electron chi connectivity index (χ1n) is 0. The topological polar surface area (TPSA) is 28.5 Å². The van der Waals surface area contributed by atoms with Crippen LogP contribution in [-0.2, 0) is 5.48 Å². The van der Waals surface area contributed by atoms with Crippen LogP contribution in [0.25, 0.3) is 0 Å². The Morgan fingerprint density at radius 1 is 0.750 bits per heavy atom. The van der Waals surface area contributed by atoms with Crippen LogP contribution < -0.4 is 0 Å². The molecule has 0 spiro atoms. The maximum Gasteiger partial charge on any atom is 0 e. The van der Waals surface area contributed by atoms with E-state index in [0.717, 1.165) is 0 Å². The molecule has 1 nitrogen and oxygen atoms in total. The van der Waals surface area contributed by atoms with E-state index in [-0.39, 0.29) is 34.8 Å². The zero-order valence-electron chi connectivity index (χ0n) is 1.91. The first kappa shape index (κ1) is 326. The van der Waals surface area contributed by atoms with Crippen LogP contribution >= 0.6 is 0 Å². The van der Waals surface area contributed by atoms with Crippen molar-refractivity contribution in [2.75, 3.05) is 0 Å². The maximum absolute atomic E-state index is 0. The van der Waals surface area contributed by atoms with Crippen molar-refractivity contribution in [1.29, 1.82) is 0 Å². The molecule has 0 aromatic carbocycles. The van der Waals surface area contributed by atoms with Crippen LogP contribution in [0.2, 0.25) is 0 Å². The highest BCUT2D eigenvalue weighted by Crippen LogP contribution is 0.0813. The van der Waals surface area contributed by atoms with Crippen molar-refractivity contribution in [2.45, 2.75) is 0 Å². The van der Waals surface area contributed by atoms with E-state index >= 15 is 0 Å². The SMILES string of the molecule is [C].[O].[Si].[Si]. The molecule has 0 rings (SSSR count). The number of hydrogen-bond donors (Lipinski definition) is 0. The quantitative estimate of drug-likeness (QED) is 0.344. The molecule has 0 bridgehead atoms. The van der Waals surface area contributed by atoms with Crippen LogP contribution in [0.15, 0.2) is 0 Å². The van der Waals surface area contributed by atoms with E-state index in [1.54, 1.807) is 0 Å². The van der Waals surface area contributed by atoms with Gasteiger partial charge < -0.3 is 0 Å². The fraction of sp³-hybridized carbons (Fsp3) is 0. The van der Waals surface area contributed by atoms with Crippen LogP contribution in [-0.4, -0.2) is 21.9 Å². The molecule has 18 valence electrons. The fourth-order valence-electron chi connectivity index (χ4n) is 0. The minimum absolute atomic E-state index is 0.